The lowest BCUT2D eigenvalue weighted by atomic mass is 9.96. The fourth-order valence-corrected chi connectivity index (χ4v) is 4.93. The van der Waals surface area contributed by atoms with Crippen LogP contribution in [-0.2, 0) is 4.74 Å². The average molecular weight is 376 g/mol. The Balaban J connectivity index is 1.44. The molecule has 0 spiro atoms. The molecule has 1 N–H and O–H groups in total. The summed E-state index contributed by atoms with van der Waals surface area (Å²) in [6.07, 6.45) is 5.85. The molecule has 0 unspecified atom stereocenters. The van der Waals surface area contributed by atoms with Crippen LogP contribution in [-0.4, -0.2) is 52.9 Å². The molecule has 2 aromatic rings. The maximum atomic E-state index is 12.5. The Kier molecular flexibility index (Phi) is 4.84. The number of carbonyl (C=O) groups excluding carboxylic acids is 2. The largest absolute Gasteiger partial charge is 0.448 e. The second-order valence-electron chi connectivity index (χ2n) is 7.01. The highest BCUT2D eigenvalue weighted by Gasteiger charge is 2.23. The number of aromatic nitrogens is 2. The van der Waals surface area contributed by atoms with Crippen LogP contribution in [0.5, 0.6) is 0 Å². The summed E-state index contributed by atoms with van der Waals surface area (Å²) >= 11 is 1.51. The van der Waals surface area contributed by atoms with E-state index in [2.05, 4.69) is 10.00 Å². The van der Waals surface area contributed by atoms with Crippen LogP contribution in [0.15, 0.2) is 6.07 Å². The summed E-state index contributed by atoms with van der Waals surface area (Å²) < 4.78 is 7.03. The monoisotopic (exact) mass is 376 g/mol. The predicted molar refractivity (Wildman–Crippen MR) is 99.7 cm³/mol. The SMILES string of the molecule is Cc1nn(C2CCCCC2)c2sc(C(=O)NCCN3CCOC3=O)cc12. The number of hydrogen-bond donors (Lipinski definition) is 1. The van der Waals surface area contributed by atoms with Gasteiger partial charge in [0.1, 0.15) is 11.4 Å². The second kappa shape index (κ2) is 7.26. The molecule has 1 aliphatic carbocycles. The Hall–Kier alpha value is -2.09. The molecule has 7 nitrogen and oxygen atoms in total. The quantitative estimate of drug-likeness (QED) is 0.870. The number of nitrogens with one attached hydrogen (secondary N) is 1. The van der Waals surface area contributed by atoms with Crippen LogP contribution in [0.2, 0.25) is 0 Å². The van der Waals surface area contributed by atoms with Gasteiger partial charge in [0.05, 0.1) is 23.2 Å². The number of carbonyl (C=O) groups is 2. The molecule has 2 fully saturated rings. The van der Waals surface area contributed by atoms with Gasteiger partial charge in [-0.05, 0) is 25.8 Å². The standard InChI is InChI=1S/C18H24N4O3S/c1-12-14-11-15(16(23)19-7-8-21-9-10-25-18(21)24)26-17(14)22(20-12)13-5-3-2-4-6-13/h11,13H,2-10H2,1H3,(H,19,23). The number of cyclic esters (lactones) is 1. The molecule has 26 heavy (non-hydrogen) atoms. The van der Waals surface area contributed by atoms with Crippen LogP contribution in [0.3, 0.4) is 0 Å². The highest BCUT2D eigenvalue weighted by atomic mass is 32.1. The molecule has 0 atom stereocenters. The Morgan fingerprint density at radius 1 is 1.38 bits per heavy atom. The highest BCUT2D eigenvalue weighted by Crippen LogP contribution is 2.35. The van der Waals surface area contributed by atoms with E-state index in [0.29, 0.717) is 37.2 Å². The number of ether oxygens (including phenoxy) is 1. The maximum absolute atomic E-state index is 12.5. The third kappa shape index (κ3) is 3.30. The van der Waals surface area contributed by atoms with E-state index >= 15 is 0 Å². The molecule has 0 aromatic carbocycles. The molecule has 2 amide bonds. The van der Waals surface area contributed by atoms with Gasteiger partial charge in [-0.1, -0.05) is 19.3 Å². The van der Waals surface area contributed by atoms with E-state index in [1.807, 2.05) is 13.0 Å². The third-order valence-electron chi connectivity index (χ3n) is 5.22. The molecule has 8 heteroatoms. The minimum absolute atomic E-state index is 0.0895. The summed E-state index contributed by atoms with van der Waals surface area (Å²) in [7, 11) is 0. The van der Waals surface area contributed by atoms with Gasteiger partial charge in [0.15, 0.2) is 0 Å². The molecule has 3 heterocycles. The van der Waals surface area contributed by atoms with Crippen molar-refractivity contribution in [3.8, 4) is 0 Å². The summed E-state index contributed by atoms with van der Waals surface area (Å²) in [6, 6.07) is 2.40. The fourth-order valence-electron chi connectivity index (χ4n) is 3.78. The van der Waals surface area contributed by atoms with Crippen LogP contribution in [0.25, 0.3) is 10.2 Å². The van der Waals surface area contributed by atoms with Crippen molar-refractivity contribution in [3.63, 3.8) is 0 Å². The molecule has 0 bridgehead atoms. The van der Waals surface area contributed by atoms with Gasteiger partial charge in [0.25, 0.3) is 5.91 Å². The first-order chi connectivity index (χ1) is 12.6. The number of thiophene rings is 1. The maximum Gasteiger partial charge on any atom is 0.409 e. The zero-order chi connectivity index (χ0) is 18.1. The van der Waals surface area contributed by atoms with Crippen molar-refractivity contribution >= 4 is 33.6 Å². The van der Waals surface area contributed by atoms with E-state index in [-0.39, 0.29) is 12.0 Å². The van der Waals surface area contributed by atoms with Crippen molar-refractivity contribution in [2.24, 2.45) is 0 Å². The van der Waals surface area contributed by atoms with Crippen LogP contribution in [0.1, 0.15) is 53.5 Å². The van der Waals surface area contributed by atoms with E-state index in [4.69, 9.17) is 9.84 Å². The highest BCUT2D eigenvalue weighted by molar-refractivity contribution is 7.20. The van der Waals surface area contributed by atoms with Crippen LogP contribution < -0.4 is 5.32 Å². The first-order valence-electron chi connectivity index (χ1n) is 9.32. The summed E-state index contributed by atoms with van der Waals surface area (Å²) in [5.74, 6) is -0.0895. The van der Waals surface area contributed by atoms with Crippen molar-refractivity contribution in [1.82, 2.24) is 20.0 Å². The van der Waals surface area contributed by atoms with Gasteiger partial charge in [-0.15, -0.1) is 11.3 Å². The molecule has 2 aliphatic rings. The van der Waals surface area contributed by atoms with Gasteiger partial charge in [-0.2, -0.15) is 5.10 Å². The molecular weight excluding hydrogens is 352 g/mol. The van der Waals surface area contributed by atoms with Crippen molar-refractivity contribution in [1.29, 1.82) is 0 Å². The lowest BCUT2D eigenvalue weighted by Gasteiger charge is -2.22. The van der Waals surface area contributed by atoms with Crippen LogP contribution in [0, 0.1) is 6.92 Å². The van der Waals surface area contributed by atoms with Gasteiger partial charge in [0, 0.05) is 18.5 Å². The van der Waals surface area contributed by atoms with Crippen molar-refractivity contribution < 1.29 is 14.3 Å². The smallest absolute Gasteiger partial charge is 0.409 e. The lowest BCUT2D eigenvalue weighted by Crippen LogP contribution is -2.35. The Morgan fingerprint density at radius 3 is 2.92 bits per heavy atom. The van der Waals surface area contributed by atoms with E-state index in [1.165, 1.54) is 43.4 Å². The van der Waals surface area contributed by atoms with Gasteiger partial charge in [-0.25, -0.2) is 4.79 Å². The fraction of sp³-hybridized carbons (Fsp3) is 0.611. The summed E-state index contributed by atoms with van der Waals surface area (Å²) in [4.78, 5) is 27.3. The summed E-state index contributed by atoms with van der Waals surface area (Å²) in [6.45, 7) is 3.93. The van der Waals surface area contributed by atoms with Gasteiger partial charge >= 0.3 is 6.09 Å². The normalized spacial score (nSPS) is 18.5. The first-order valence-corrected chi connectivity index (χ1v) is 10.1. The van der Waals surface area contributed by atoms with Crippen LogP contribution >= 0.6 is 11.3 Å². The average Bonchev–Trinajstić information content (AvgIpc) is 3.33. The number of amides is 2. The first kappa shape index (κ1) is 17.3. The number of nitrogens with zero attached hydrogens (tertiary/aromatic N) is 3. The molecule has 4 rings (SSSR count). The topological polar surface area (TPSA) is 76.5 Å². The summed E-state index contributed by atoms with van der Waals surface area (Å²) in [5, 5.41) is 8.72. The molecular formula is C18H24N4O3S. The minimum Gasteiger partial charge on any atom is -0.448 e. The van der Waals surface area contributed by atoms with Crippen molar-refractivity contribution in [2.75, 3.05) is 26.2 Å². The minimum atomic E-state index is -0.302. The summed E-state index contributed by atoms with van der Waals surface area (Å²) in [5.41, 5.74) is 0.987. The zero-order valence-electron chi connectivity index (χ0n) is 15.0. The third-order valence-corrected chi connectivity index (χ3v) is 6.35. The zero-order valence-corrected chi connectivity index (χ0v) is 15.8. The number of fused-ring (bicyclic) bond motifs is 1. The Labute approximate surface area is 156 Å². The number of hydrogen-bond acceptors (Lipinski definition) is 5. The Morgan fingerprint density at radius 2 is 2.19 bits per heavy atom. The van der Waals surface area contributed by atoms with Gasteiger partial charge < -0.3 is 15.0 Å². The van der Waals surface area contributed by atoms with E-state index in [1.54, 1.807) is 4.90 Å². The molecule has 0 radical (unpaired) electrons. The van der Waals surface area contributed by atoms with Gasteiger partial charge in [-0.3, -0.25) is 9.48 Å². The van der Waals surface area contributed by atoms with E-state index in [9.17, 15) is 9.59 Å². The Bertz CT molecular complexity index is 822. The molecule has 1 saturated carbocycles. The molecule has 140 valence electrons. The van der Waals surface area contributed by atoms with Crippen LogP contribution in [0.4, 0.5) is 4.79 Å². The van der Waals surface area contributed by atoms with E-state index < -0.39 is 0 Å². The molecule has 1 aliphatic heterocycles. The van der Waals surface area contributed by atoms with E-state index in [0.717, 1.165) is 15.9 Å². The second-order valence-corrected chi connectivity index (χ2v) is 8.04. The van der Waals surface area contributed by atoms with Gasteiger partial charge in [0.2, 0.25) is 0 Å². The molecule has 1 saturated heterocycles. The molecule has 2 aromatic heterocycles. The lowest BCUT2D eigenvalue weighted by molar-refractivity contribution is 0.0953. The van der Waals surface area contributed by atoms with Crippen molar-refractivity contribution in [2.45, 2.75) is 45.1 Å². The number of aryl methyl sites for hydroxylation is 1. The predicted octanol–water partition coefficient (Wildman–Crippen LogP) is 3.09. The van der Waals surface area contributed by atoms with Crippen molar-refractivity contribution in [3.05, 3.63) is 16.6 Å². The number of rotatable bonds is 5.